The van der Waals surface area contributed by atoms with Crippen molar-refractivity contribution >= 4 is 17.8 Å². The molecule has 5 rings (SSSR count). The Morgan fingerprint density at radius 2 is 1.74 bits per heavy atom. The zero-order valence-corrected chi connectivity index (χ0v) is 17.7. The zero-order chi connectivity index (χ0) is 21.2. The lowest BCUT2D eigenvalue weighted by atomic mass is 10.1. The summed E-state index contributed by atoms with van der Waals surface area (Å²) in [7, 11) is 0. The van der Waals surface area contributed by atoms with Crippen LogP contribution in [0, 0.1) is 0 Å². The van der Waals surface area contributed by atoms with Crippen molar-refractivity contribution in [3.05, 3.63) is 111 Å². The molecule has 0 aliphatic carbocycles. The molecule has 2 N–H and O–H groups in total. The SMILES string of the molecule is CC(C)c1ccc(C=c2[nH]c(=C3C=c4ccccc4=N3)cc2OCc2ccccc2)[nH]1. The topological polar surface area (TPSA) is 53.2 Å². The van der Waals surface area contributed by atoms with E-state index >= 15 is 0 Å². The molecular formula is C27H25N3O. The van der Waals surface area contributed by atoms with Gasteiger partial charge in [0.05, 0.1) is 21.8 Å². The van der Waals surface area contributed by atoms with E-state index in [4.69, 9.17) is 9.73 Å². The first-order valence-electron chi connectivity index (χ1n) is 10.6. The van der Waals surface area contributed by atoms with Crippen molar-refractivity contribution in [2.45, 2.75) is 26.4 Å². The van der Waals surface area contributed by atoms with E-state index in [0.29, 0.717) is 12.5 Å². The van der Waals surface area contributed by atoms with Crippen molar-refractivity contribution in [1.82, 2.24) is 9.97 Å². The normalized spacial score (nSPS) is 15.0. The molecule has 1 aliphatic rings. The summed E-state index contributed by atoms with van der Waals surface area (Å²) in [6.07, 6.45) is 4.20. The van der Waals surface area contributed by atoms with Crippen LogP contribution in [0.3, 0.4) is 0 Å². The van der Waals surface area contributed by atoms with Crippen LogP contribution in [0.2, 0.25) is 0 Å². The molecule has 154 valence electrons. The Hall–Kier alpha value is -3.79. The highest BCUT2D eigenvalue weighted by atomic mass is 16.5. The summed E-state index contributed by atoms with van der Waals surface area (Å²) in [6, 6.07) is 24.7. The lowest BCUT2D eigenvalue weighted by Gasteiger charge is -2.04. The quantitative estimate of drug-likeness (QED) is 0.525. The van der Waals surface area contributed by atoms with Gasteiger partial charge in [0, 0.05) is 22.7 Å². The van der Waals surface area contributed by atoms with Gasteiger partial charge in [0.2, 0.25) is 0 Å². The first-order valence-corrected chi connectivity index (χ1v) is 10.6. The second kappa shape index (κ2) is 8.15. The number of nitrogens with zero attached hydrogens (tertiary/aromatic N) is 1. The maximum atomic E-state index is 6.22. The minimum absolute atomic E-state index is 0.455. The van der Waals surface area contributed by atoms with E-state index in [9.17, 15) is 0 Å². The molecule has 0 spiro atoms. The zero-order valence-electron chi connectivity index (χ0n) is 17.7. The Bertz CT molecular complexity index is 1420. The molecule has 0 radical (unpaired) electrons. The Labute approximate surface area is 181 Å². The number of H-pyrrole nitrogens is 2. The summed E-state index contributed by atoms with van der Waals surface area (Å²) in [5.41, 5.74) is 4.31. The number of rotatable bonds is 5. The maximum absolute atomic E-state index is 6.22. The number of nitrogens with one attached hydrogen (secondary N) is 2. The molecule has 2 aromatic heterocycles. The van der Waals surface area contributed by atoms with E-state index in [1.54, 1.807) is 0 Å². The average molecular weight is 408 g/mol. The molecule has 0 unspecified atom stereocenters. The van der Waals surface area contributed by atoms with Gasteiger partial charge in [-0.1, -0.05) is 62.4 Å². The van der Waals surface area contributed by atoms with E-state index in [-0.39, 0.29) is 0 Å². The first kappa shape index (κ1) is 19.2. The molecule has 2 aromatic carbocycles. The average Bonchev–Trinajstić information content (AvgIpc) is 3.51. The van der Waals surface area contributed by atoms with Crippen molar-refractivity contribution in [1.29, 1.82) is 0 Å². The predicted molar refractivity (Wildman–Crippen MR) is 124 cm³/mol. The Morgan fingerprint density at radius 1 is 0.935 bits per heavy atom. The fourth-order valence-corrected chi connectivity index (χ4v) is 3.72. The molecule has 4 heteroatoms. The van der Waals surface area contributed by atoms with Gasteiger partial charge in [0.15, 0.2) is 0 Å². The van der Waals surface area contributed by atoms with Gasteiger partial charge in [-0.15, -0.1) is 0 Å². The number of fused-ring (bicyclic) bond motifs is 1. The second-order valence-corrected chi connectivity index (χ2v) is 8.10. The molecule has 0 atom stereocenters. The van der Waals surface area contributed by atoms with Crippen LogP contribution in [0.15, 0.2) is 77.8 Å². The summed E-state index contributed by atoms with van der Waals surface area (Å²) in [5.74, 6) is 1.27. The van der Waals surface area contributed by atoms with Crippen LogP contribution in [0.4, 0.5) is 0 Å². The minimum atomic E-state index is 0.455. The summed E-state index contributed by atoms with van der Waals surface area (Å²) in [5, 5.41) is 4.00. The number of hydrogen-bond acceptors (Lipinski definition) is 2. The van der Waals surface area contributed by atoms with Gasteiger partial charge in [-0.05, 0) is 41.8 Å². The molecule has 0 fully saturated rings. The number of para-hydroxylation sites is 1. The second-order valence-electron chi connectivity index (χ2n) is 8.10. The Balaban J connectivity index is 1.59. The van der Waals surface area contributed by atoms with E-state index < -0.39 is 0 Å². The fourth-order valence-electron chi connectivity index (χ4n) is 3.72. The molecule has 0 saturated heterocycles. The standard InChI is InChI=1S/C27H25N3O/c1-18(2)22-13-12-21(28-22)15-26-27(31-17-19-8-4-3-5-9-19)16-25(30-26)24-14-20-10-6-7-11-23(20)29-24/h3-16,18,28,30H,17H2,1-2H3. The predicted octanol–water partition coefficient (Wildman–Crippen LogP) is 3.10. The van der Waals surface area contributed by atoms with Crippen LogP contribution in [0.5, 0.6) is 5.75 Å². The van der Waals surface area contributed by atoms with Crippen LogP contribution in [0.1, 0.15) is 36.7 Å². The first-order chi connectivity index (χ1) is 15.2. The number of ether oxygens (including phenoxy) is 1. The van der Waals surface area contributed by atoms with Crippen molar-refractivity contribution < 1.29 is 4.74 Å². The summed E-state index contributed by atoms with van der Waals surface area (Å²) >= 11 is 0. The monoisotopic (exact) mass is 407 g/mol. The van der Waals surface area contributed by atoms with Gasteiger partial charge >= 0.3 is 0 Å². The smallest absolute Gasteiger partial charge is 0.145 e. The third kappa shape index (κ3) is 4.10. The van der Waals surface area contributed by atoms with Crippen molar-refractivity contribution in [2.75, 3.05) is 0 Å². The summed E-state index contributed by atoms with van der Waals surface area (Å²) in [4.78, 5) is 11.8. The fraction of sp³-hybridized carbons (Fsp3) is 0.148. The van der Waals surface area contributed by atoms with E-state index in [2.05, 4.69) is 66.3 Å². The number of aromatic amines is 2. The lowest BCUT2D eigenvalue weighted by Crippen LogP contribution is -2.19. The van der Waals surface area contributed by atoms with Gasteiger partial charge in [0.1, 0.15) is 12.4 Å². The number of hydrogen-bond donors (Lipinski definition) is 2. The third-order valence-corrected chi connectivity index (χ3v) is 5.45. The maximum Gasteiger partial charge on any atom is 0.145 e. The lowest BCUT2D eigenvalue weighted by molar-refractivity contribution is 0.304. The summed E-state index contributed by atoms with van der Waals surface area (Å²) in [6.45, 7) is 4.88. The van der Waals surface area contributed by atoms with Crippen LogP contribution >= 0.6 is 0 Å². The van der Waals surface area contributed by atoms with E-state index in [1.807, 2.05) is 42.5 Å². The van der Waals surface area contributed by atoms with Crippen LogP contribution in [0.25, 0.3) is 17.8 Å². The van der Waals surface area contributed by atoms with Gasteiger partial charge in [-0.2, -0.15) is 0 Å². The molecular weight excluding hydrogens is 382 g/mol. The largest absolute Gasteiger partial charge is 0.487 e. The molecule has 4 nitrogen and oxygen atoms in total. The molecule has 31 heavy (non-hydrogen) atoms. The molecule has 3 heterocycles. The van der Waals surface area contributed by atoms with Crippen LogP contribution in [-0.2, 0) is 6.61 Å². The van der Waals surface area contributed by atoms with E-state index in [0.717, 1.165) is 44.0 Å². The molecule has 4 aromatic rings. The van der Waals surface area contributed by atoms with Gasteiger partial charge in [0.25, 0.3) is 0 Å². The number of benzene rings is 2. The van der Waals surface area contributed by atoms with Crippen LogP contribution in [-0.4, -0.2) is 9.97 Å². The van der Waals surface area contributed by atoms with Gasteiger partial charge in [-0.3, -0.25) is 0 Å². The third-order valence-electron chi connectivity index (χ3n) is 5.45. The molecule has 0 saturated carbocycles. The Morgan fingerprint density at radius 3 is 2.52 bits per heavy atom. The van der Waals surface area contributed by atoms with E-state index in [1.165, 1.54) is 5.69 Å². The molecule has 0 amide bonds. The van der Waals surface area contributed by atoms with Crippen molar-refractivity contribution in [2.24, 2.45) is 4.99 Å². The van der Waals surface area contributed by atoms with Crippen molar-refractivity contribution in [3.63, 3.8) is 0 Å². The number of aromatic nitrogens is 2. The van der Waals surface area contributed by atoms with Gasteiger partial charge < -0.3 is 14.7 Å². The highest BCUT2D eigenvalue weighted by Gasteiger charge is 2.08. The molecule has 0 bridgehead atoms. The van der Waals surface area contributed by atoms with Gasteiger partial charge in [-0.25, -0.2) is 4.99 Å². The minimum Gasteiger partial charge on any atom is -0.487 e. The highest BCUT2D eigenvalue weighted by molar-refractivity contribution is 5.76. The summed E-state index contributed by atoms with van der Waals surface area (Å²) < 4.78 is 6.22. The van der Waals surface area contributed by atoms with Crippen LogP contribution < -0.4 is 26.0 Å². The molecule has 1 aliphatic heterocycles. The Kier molecular flexibility index (Phi) is 5.04. The van der Waals surface area contributed by atoms with Crippen molar-refractivity contribution in [3.8, 4) is 5.75 Å². The highest BCUT2D eigenvalue weighted by Crippen LogP contribution is 2.14.